The molecule has 0 bridgehead atoms. The minimum atomic E-state index is -1.17. The van der Waals surface area contributed by atoms with Gasteiger partial charge < -0.3 is 9.84 Å². The van der Waals surface area contributed by atoms with Gasteiger partial charge in [-0.1, -0.05) is 75.9 Å². The van der Waals surface area contributed by atoms with Crippen molar-refractivity contribution in [2.45, 2.75) is 33.1 Å². The van der Waals surface area contributed by atoms with Gasteiger partial charge in [0.2, 0.25) is 0 Å². The molecule has 0 amide bonds. The minimum absolute atomic E-state index is 0.00685. The molecule has 0 aliphatic rings. The smallest absolute Gasteiger partial charge is 0.372 e. The lowest BCUT2D eigenvalue weighted by atomic mass is 10.2. The lowest BCUT2D eigenvalue weighted by Gasteiger charge is -1.97. The first kappa shape index (κ1) is 28.8. The van der Waals surface area contributed by atoms with Crippen LogP contribution in [0.15, 0.2) is 73.4 Å². The maximum atomic E-state index is 10.7. The van der Waals surface area contributed by atoms with Crippen molar-refractivity contribution in [1.29, 1.82) is 0 Å². The van der Waals surface area contributed by atoms with Gasteiger partial charge in [-0.3, -0.25) is 4.89 Å². The van der Waals surface area contributed by atoms with E-state index in [9.17, 15) is 14.4 Å². The number of hydrogen-bond donors (Lipinski definition) is 2. The van der Waals surface area contributed by atoms with Crippen molar-refractivity contribution in [3.8, 4) is 0 Å². The first-order valence-electron chi connectivity index (χ1n) is 9.29. The predicted molar refractivity (Wildman–Crippen MR) is 116 cm³/mol. The zero-order valence-electron chi connectivity index (χ0n) is 17.5. The molecule has 0 aliphatic carbocycles. The summed E-state index contributed by atoms with van der Waals surface area (Å²) in [6, 6.07) is 10.0. The van der Waals surface area contributed by atoms with E-state index in [2.05, 4.69) is 22.8 Å². The van der Waals surface area contributed by atoms with Crippen molar-refractivity contribution in [2.75, 3.05) is 6.61 Å². The minimum Gasteiger partial charge on any atom is -0.478 e. The quantitative estimate of drug-likeness (QED) is 0.148. The number of aliphatic carboxylic acids is 1. The topological polar surface area (TPSA) is 110 Å². The number of benzene rings is 1. The van der Waals surface area contributed by atoms with E-state index in [4.69, 9.17) is 10.4 Å². The number of unbranched alkanes of at least 4 members (excludes halogenated alkanes) is 1. The summed E-state index contributed by atoms with van der Waals surface area (Å²) < 4.78 is 4.67. The Hall–Kier alpha value is -3.45. The van der Waals surface area contributed by atoms with Crippen molar-refractivity contribution < 1.29 is 34.4 Å². The normalized spacial score (nSPS) is 9.90. The summed E-state index contributed by atoms with van der Waals surface area (Å²) in [5.74, 6) is -2.48. The van der Waals surface area contributed by atoms with Crippen LogP contribution in [-0.2, 0) is 24.0 Å². The molecule has 1 rings (SSSR count). The number of carboxylic acid groups (broad SMARTS) is 1. The van der Waals surface area contributed by atoms with Crippen molar-refractivity contribution >= 4 is 24.0 Å². The number of carbonyl (C=O) groups excluding carboxylic acids is 2. The summed E-state index contributed by atoms with van der Waals surface area (Å²) >= 11 is 0. The number of rotatable bonds is 9. The van der Waals surface area contributed by atoms with Crippen LogP contribution < -0.4 is 0 Å². The fraction of sp³-hybridized carbons (Fsp3) is 0.261. The van der Waals surface area contributed by atoms with Gasteiger partial charge in [0.25, 0.3) is 0 Å². The van der Waals surface area contributed by atoms with Crippen molar-refractivity contribution in [3.63, 3.8) is 0 Å². The Morgan fingerprint density at radius 3 is 2.10 bits per heavy atom. The lowest BCUT2D eigenvalue weighted by Crippen LogP contribution is -2.03. The molecule has 0 saturated carbocycles. The standard InChI is InChI=1S/C8H10O5.C8H8.C7H12O2/c1-2-3-6(8(11)13-12)4-5-7(9)10;1-2-8-6-4-3-5-7-8;1-3-5-6-9-7(8)4-2/h3-5,12H,2H2,1H3,(H,9,10);2-7H,1H2;4H,2-3,5-6H2,1H3. The van der Waals surface area contributed by atoms with Gasteiger partial charge in [0.1, 0.15) is 0 Å². The van der Waals surface area contributed by atoms with E-state index in [-0.39, 0.29) is 11.5 Å². The first-order valence-corrected chi connectivity index (χ1v) is 9.29. The fourth-order valence-corrected chi connectivity index (χ4v) is 1.62. The van der Waals surface area contributed by atoms with Gasteiger partial charge >= 0.3 is 17.9 Å². The van der Waals surface area contributed by atoms with Gasteiger partial charge in [-0.15, -0.1) is 0 Å². The molecule has 1 aromatic rings. The summed E-state index contributed by atoms with van der Waals surface area (Å²) in [6.45, 7) is 11.2. The maximum Gasteiger partial charge on any atom is 0.372 e. The molecule has 0 spiro atoms. The average molecular weight is 418 g/mol. The van der Waals surface area contributed by atoms with E-state index in [1.165, 1.54) is 17.7 Å². The highest BCUT2D eigenvalue weighted by Gasteiger charge is 2.06. The third kappa shape index (κ3) is 17.9. The molecule has 0 unspecified atom stereocenters. The van der Waals surface area contributed by atoms with Gasteiger partial charge in [-0.05, 0) is 24.5 Å². The van der Waals surface area contributed by atoms with Crippen LogP contribution >= 0.6 is 0 Å². The Morgan fingerprint density at radius 2 is 1.70 bits per heavy atom. The maximum absolute atomic E-state index is 10.7. The molecule has 2 N–H and O–H groups in total. The Kier molecular flexibility index (Phi) is 19.4. The van der Waals surface area contributed by atoms with E-state index >= 15 is 0 Å². The Morgan fingerprint density at radius 1 is 1.07 bits per heavy atom. The highest BCUT2D eigenvalue weighted by molar-refractivity contribution is 5.93. The van der Waals surface area contributed by atoms with Crippen LogP contribution in [-0.4, -0.2) is 34.9 Å². The molecule has 0 heterocycles. The highest BCUT2D eigenvalue weighted by Crippen LogP contribution is 2.01. The van der Waals surface area contributed by atoms with Crippen LogP contribution in [0.4, 0.5) is 0 Å². The van der Waals surface area contributed by atoms with Crippen LogP contribution in [0.25, 0.3) is 6.08 Å². The summed E-state index contributed by atoms with van der Waals surface area (Å²) in [6.07, 6.45) is 8.81. The average Bonchev–Trinajstić information content (AvgIpc) is 2.77. The third-order valence-corrected chi connectivity index (χ3v) is 3.09. The second kappa shape index (κ2) is 20.3. The summed E-state index contributed by atoms with van der Waals surface area (Å²) in [7, 11) is 0. The van der Waals surface area contributed by atoms with E-state index in [0.29, 0.717) is 13.0 Å². The molecule has 0 atom stereocenters. The number of allylic oxidation sites excluding steroid dienone is 1. The summed E-state index contributed by atoms with van der Waals surface area (Å²) in [5.41, 5.74) is 1.18. The fourth-order valence-electron chi connectivity index (χ4n) is 1.62. The van der Waals surface area contributed by atoms with Gasteiger partial charge in [0.15, 0.2) is 0 Å². The number of carboxylic acids is 1. The SMILES string of the molecule is C=CC(=O)OCCCC.C=Cc1ccccc1.CCC=C(C=CC(=O)O)C(=O)OO. The highest BCUT2D eigenvalue weighted by atomic mass is 17.1. The molecule has 0 fully saturated rings. The van der Waals surface area contributed by atoms with Crippen molar-refractivity contribution in [2.24, 2.45) is 0 Å². The second-order valence-corrected chi connectivity index (χ2v) is 5.46. The molecule has 0 radical (unpaired) electrons. The molecule has 7 heteroatoms. The van der Waals surface area contributed by atoms with Crippen LogP contribution in [0.3, 0.4) is 0 Å². The monoisotopic (exact) mass is 418 g/mol. The molecular weight excluding hydrogens is 388 g/mol. The van der Waals surface area contributed by atoms with Gasteiger partial charge in [-0.25, -0.2) is 14.4 Å². The Labute approximate surface area is 177 Å². The number of carbonyl (C=O) groups is 3. The number of esters is 1. The Bertz CT molecular complexity index is 704. The summed E-state index contributed by atoms with van der Waals surface area (Å²) in [4.78, 5) is 34.6. The van der Waals surface area contributed by atoms with Crippen molar-refractivity contribution in [1.82, 2.24) is 0 Å². The Balaban J connectivity index is 0. The molecule has 0 aliphatic heterocycles. The van der Waals surface area contributed by atoms with E-state index < -0.39 is 11.9 Å². The van der Waals surface area contributed by atoms with Gasteiger partial charge in [-0.2, -0.15) is 5.26 Å². The van der Waals surface area contributed by atoms with Crippen LogP contribution in [0.5, 0.6) is 0 Å². The molecular formula is C23H30O7. The van der Waals surface area contributed by atoms with E-state index in [1.807, 2.05) is 43.3 Å². The molecule has 7 nitrogen and oxygen atoms in total. The molecule has 0 aromatic heterocycles. The molecule has 164 valence electrons. The zero-order chi connectivity index (χ0) is 23.2. The van der Waals surface area contributed by atoms with E-state index in [1.54, 1.807) is 6.92 Å². The zero-order valence-corrected chi connectivity index (χ0v) is 17.5. The molecule has 1 aromatic carbocycles. The van der Waals surface area contributed by atoms with Crippen LogP contribution in [0.1, 0.15) is 38.7 Å². The number of hydrogen-bond acceptors (Lipinski definition) is 6. The molecule has 0 saturated heterocycles. The van der Waals surface area contributed by atoms with Gasteiger partial charge in [0, 0.05) is 12.2 Å². The lowest BCUT2D eigenvalue weighted by molar-refractivity contribution is -0.229. The van der Waals surface area contributed by atoms with E-state index in [0.717, 1.165) is 25.0 Å². The predicted octanol–water partition coefficient (Wildman–Crippen LogP) is 4.83. The molecule has 30 heavy (non-hydrogen) atoms. The first-order chi connectivity index (χ1) is 14.4. The largest absolute Gasteiger partial charge is 0.478 e. The van der Waals surface area contributed by atoms with Crippen LogP contribution in [0.2, 0.25) is 0 Å². The van der Waals surface area contributed by atoms with Crippen LogP contribution in [0, 0.1) is 0 Å². The summed E-state index contributed by atoms with van der Waals surface area (Å²) in [5, 5.41) is 16.3. The third-order valence-electron chi connectivity index (χ3n) is 3.09. The van der Waals surface area contributed by atoms with Gasteiger partial charge in [0.05, 0.1) is 12.2 Å². The van der Waals surface area contributed by atoms with Crippen molar-refractivity contribution in [3.05, 3.63) is 78.9 Å². The second-order valence-electron chi connectivity index (χ2n) is 5.46. The number of ether oxygens (including phenoxy) is 1.